The molecule has 1 atom stereocenters. The molecule has 0 radical (unpaired) electrons. The van der Waals surface area contributed by atoms with Gasteiger partial charge in [-0.1, -0.05) is 0 Å². The van der Waals surface area contributed by atoms with Gasteiger partial charge < -0.3 is 23.4 Å². The lowest BCUT2D eigenvalue weighted by molar-refractivity contribution is -0.134. The molecule has 0 bridgehead atoms. The van der Waals surface area contributed by atoms with Crippen LogP contribution in [0.1, 0.15) is 18.6 Å². The SMILES string of the molecule is COc1ccc2c(ccn2CC(=O)N(Cc2ccco2)CC2CCCO2)c1. The smallest absolute Gasteiger partial charge is 0.243 e. The Hall–Kier alpha value is -2.73. The van der Waals surface area contributed by atoms with Crippen LogP contribution in [0.15, 0.2) is 53.3 Å². The number of furan rings is 1. The molecule has 4 rings (SSSR count). The number of ether oxygens (including phenoxy) is 2. The van der Waals surface area contributed by atoms with Crippen molar-refractivity contribution in [3.05, 3.63) is 54.6 Å². The standard InChI is InChI=1S/C21H24N2O4/c1-25-17-6-7-20-16(12-17)8-9-22(20)15-21(24)23(13-18-4-2-10-26-18)14-19-5-3-11-27-19/h2,4,6-10,12,19H,3,5,11,13-15H2,1H3. The summed E-state index contributed by atoms with van der Waals surface area (Å²) in [4.78, 5) is 14.9. The van der Waals surface area contributed by atoms with Crippen molar-refractivity contribution in [3.8, 4) is 5.75 Å². The maximum atomic E-state index is 13.1. The average Bonchev–Trinajstić information content (AvgIpc) is 3.43. The van der Waals surface area contributed by atoms with E-state index in [4.69, 9.17) is 13.9 Å². The third-order valence-electron chi connectivity index (χ3n) is 5.01. The zero-order chi connectivity index (χ0) is 18.6. The van der Waals surface area contributed by atoms with Crippen LogP contribution in [0.4, 0.5) is 0 Å². The molecule has 2 aromatic heterocycles. The second-order valence-electron chi connectivity index (χ2n) is 6.86. The Morgan fingerprint density at radius 1 is 1.33 bits per heavy atom. The number of hydrogen-bond donors (Lipinski definition) is 0. The highest BCUT2D eigenvalue weighted by molar-refractivity contribution is 5.84. The third kappa shape index (κ3) is 4.01. The largest absolute Gasteiger partial charge is 0.497 e. The molecule has 1 fully saturated rings. The van der Waals surface area contributed by atoms with Crippen molar-refractivity contribution in [2.45, 2.75) is 32.0 Å². The quantitative estimate of drug-likeness (QED) is 0.641. The Bertz CT molecular complexity index is 894. The van der Waals surface area contributed by atoms with Crippen LogP contribution in [0.3, 0.4) is 0 Å². The minimum atomic E-state index is 0.0511. The van der Waals surface area contributed by atoms with Crippen LogP contribution in [0.2, 0.25) is 0 Å². The number of fused-ring (bicyclic) bond motifs is 1. The number of nitrogens with zero attached hydrogens (tertiary/aromatic N) is 2. The molecule has 0 spiro atoms. The number of hydrogen-bond acceptors (Lipinski definition) is 4. The van der Waals surface area contributed by atoms with Crippen LogP contribution in [0.5, 0.6) is 5.75 Å². The molecule has 1 aromatic carbocycles. The number of aromatic nitrogens is 1. The molecule has 3 aromatic rings. The van der Waals surface area contributed by atoms with Gasteiger partial charge in [0.05, 0.1) is 26.0 Å². The molecular formula is C21H24N2O4. The molecule has 0 N–H and O–H groups in total. The summed E-state index contributed by atoms with van der Waals surface area (Å²) < 4.78 is 18.4. The molecule has 1 aliphatic heterocycles. The maximum Gasteiger partial charge on any atom is 0.243 e. The van der Waals surface area contributed by atoms with Gasteiger partial charge in [0.2, 0.25) is 5.91 Å². The Morgan fingerprint density at radius 3 is 3.00 bits per heavy atom. The number of amides is 1. The van der Waals surface area contributed by atoms with Gasteiger partial charge >= 0.3 is 0 Å². The fourth-order valence-electron chi connectivity index (χ4n) is 3.57. The Labute approximate surface area is 158 Å². The first-order valence-corrected chi connectivity index (χ1v) is 9.27. The van der Waals surface area contributed by atoms with Crippen LogP contribution in [-0.4, -0.2) is 41.7 Å². The van der Waals surface area contributed by atoms with Crippen LogP contribution in [0.25, 0.3) is 10.9 Å². The van der Waals surface area contributed by atoms with Crippen LogP contribution >= 0.6 is 0 Å². The zero-order valence-electron chi connectivity index (χ0n) is 15.5. The van der Waals surface area contributed by atoms with E-state index >= 15 is 0 Å². The molecule has 27 heavy (non-hydrogen) atoms. The Kier molecular flexibility index (Phi) is 5.16. The van der Waals surface area contributed by atoms with Gasteiger partial charge in [0.25, 0.3) is 0 Å². The molecule has 6 heteroatoms. The summed E-state index contributed by atoms with van der Waals surface area (Å²) >= 11 is 0. The minimum Gasteiger partial charge on any atom is -0.497 e. The van der Waals surface area contributed by atoms with E-state index in [0.29, 0.717) is 13.1 Å². The highest BCUT2D eigenvalue weighted by atomic mass is 16.5. The van der Waals surface area contributed by atoms with Crippen LogP contribution in [0, 0.1) is 0 Å². The molecular weight excluding hydrogens is 344 g/mol. The number of carbonyl (C=O) groups is 1. The highest BCUT2D eigenvalue weighted by Gasteiger charge is 2.24. The van der Waals surface area contributed by atoms with Gasteiger partial charge in [-0.3, -0.25) is 4.79 Å². The second kappa shape index (κ2) is 7.88. The molecule has 6 nitrogen and oxygen atoms in total. The monoisotopic (exact) mass is 368 g/mol. The third-order valence-corrected chi connectivity index (χ3v) is 5.01. The Balaban J connectivity index is 1.51. The molecule has 3 heterocycles. The lowest BCUT2D eigenvalue weighted by Gasteiger charge is -2.25. The van der Waals surface area contributed by atoms with Crippen molar-refractivity contribution in [2.24, 2.45) is 0 Å². The van der Waals surface area contributed by atoms with E-state index in [1.807, 2.05) is 52.1 Å². The van der Waals surface area contributed by atoms with Gasteiger partial charge in [0.15, 0.2) is 0 Å². The van der Waals surface area contributed by atoms with E-state index in [1.165, 1.54) is 0 Å². The maximum absolute atomic E-state index is 13.1. The number of rotatable bonds is 7. The first kappa shape index (κ1) is 17.7. The summed E-state index contributed by atoms with van der Waals surface area (Å²) in [5.41, 5.74) is 1.01. The zero-order valence-corrected chi connectivity index (χ0v) is 15.5. The summed E-state index contributed by atoms with van der Waals surface area (Å²) in [5, 5.41) is 1.05. The highest BCUT2D eigenvalue weighted by Crippen LogP contribution is 2.22. The van der Waals surface area contributed by atoms with Gasteiger partial charge in [-0.15, -0.1) is 0 Å². The lowest BCUT2D eigenvalue weighted by Crippen LogP contribution is -2.38. The van der Waals surface area contributed by atoms with E-state index in [9.17, 15) is 4.79 Å². The minimum absolute atomic E-state index is 0.0511. The predicted molar refractivity (Wildman–Crippen MR) is 102 cm³/mol. The number of methoxy groups -OCH3 is 1. The topological polar surface area (TPSA) is 56.8 Å². The van der Waals surface area contributed by atoms with Crippen molar-refractivity contribution < 1.29 is 18.7 Å². The Morgan fingerprint density at radius 2 is 2.26 bits per heavy atom. The van der Waals surface area contributed by atoms with E-state index in [2.05, 4.69) is 0 Å². The summed E-state index contributed by atoms with van der Waals surface area (Å²) in [6.07, 6.45) is 5.73. The molecule has 142 valence electrons. The summed E-state index contributed by atoms with van der Waals surface area (Å²) in [5.74, 6) is 1.64. The summed E-state index contributed by atoms with van der Waals surface area (Å²) in [7, 11) is 1.65. The molecule has 1 saturated heterocycles. The van der Waals surface area contributed by atoms with E-state index < -0.39 is 0 Å². The predicted octanol–water partition coefficient (Wildman–Crippen LogP) is 3.45. The molecule has 1 aliphatic rings. The van der Waals surface area contributed by atoms with Gasteiger partial charge in [0.1, 0.15) is 18.1 Å². The first-order valence-electron chi connectivity index (χ1n) is 9.27. The first-order chi connectivity index (χ1) is 13.2. The molecule has 1 unspecified atom stereocenters. The van der Waals surface area contributed by atoms with Crippen molar-refractivity contribution >= 4 is 16.8 Å². The fraction of sp³-hybridized carbons (Fsp3) is 0.381. The summed E-state index contributed by atoms with van der Waals surface area (Å²) in [6, 6.07) is 11.6. The molecule has 0 aliphatic carbocycles. The van der Waals surface area contributed by atoms with Crippen molar-refractivity contribution in [1.82, 2.24) is 9.47 Å². The van der Waals surface area contributed by atoms with Crippen LogP contribution in [-0.2, 0) is 22.6 Å². The van der Waals surface area contributed by atoms with E-state index in [-0.39, 0.29) is 18.6 Å². The molecule has 1 amide bonds. The van der Waals surface area contributed by atoms with Gasteiger partial charge in [-0.2, -0.15) is 0 Å². The van der Waals surface area contributed by atoms with Crippen molar-refractivity contribution in [3.63, 3.8) is 0 Å². The second-order valence-corrected chi connectivity index (χ2v) is 6.86. The average molecular weight is 368 g/mol. The number of carbonyl (C=O) groups excluding carboxylic acids is 1. The normalized spacial score (nSPS) is 16.7. The lowest BCUT2D eigenvalue weighted by atomic mass is 10.2. The fourth-order valence-corrected chi connectivity index (χ4v) is 3.57. The van der Waals surface area contributed by atoms with Gasteiger partial charge in [-0.05, 0) is 49.2 Å². The van der Waals surface area contributed by atoms with E-state index in [0.717, 1.165) is 41.9 Å². The number of benzene rings is 1. The van der Waals surface area contributed by atoms with Crippen LogP contribution < -0.4 is 4.74 Å². The van der Waals surface area contributed by atoms with E-state index in [1.54, 1.807) is 13.4 Å². The van der Waals surface area contributed by atoms with Gasteiger partial charge in [0, 0.05) is 30.3 Å². The molecule has 0 saturated carbocycles. The van der Waals surface area contributed by atoms with Gasteiger partial charge in [-0.25, -0.2) is 0 Å². The van der Waals surface area contributed by atoms with Crippen molar-refractivity contribution in [1.29, 1.82) is 0 Å². The van der Waals surface area contributed by atoms with Crippen molar-refractivity contribution in [2.75, 3.05) is 20.3 Å². The summed E-state index contributed by atoms with van der Waals surface area (Å²) in [6.45, 7) is 2.10.